The van der Waals surface area contributed by atoms with Gasteiger partial charge in [-0.3, -0.25) is 14.9 Å². The van der Waals surface area contributed by atoms with Gasteiger partial charge in [-0.25, -0.2) is 0 Å². The van der Waals surface area contributed by atoms with Crippen LogP contribution in [0, 0.1) is 0 Å². The number of thiocarbonyl (C=S) groups is 1. The highest BCUT2D eigenvalue weighted by molar-refractivity contribution is 7.80. The first-order chi connectivity index (χ1) is 13.4. The molecule has 0 aliphatic rings. The van der Waals surface area contributed by atoms with Gasteiger partial charge in [-0.2, -0.15) is 0 Å². The molecule has 28 heavy (non-hydrogen) atoms. The minimum Gasteiger partial charge on any atom is -0.491 e. The van der Waals surface area contributed by atoms with Crippen molar-refractivity contribution in [3.05, 3.63) is 54.1 Å². The lowest BCUT2D eigenvalue weighted by molar-refractivity contribution is -0.115. The van der Waals surface area contributed by atoms with E-state index in [4.69, 9.17) is 17.0 Å². The third-order valence-electron chi connectivity index (χ3n) is 4.00. The molecule has 0 fully saturated rings. The Bertz CT molecular complexity index is 820. The molecule has 6 nitrogen and oxygen atoms in total. The van der Waals surface area contributed by atoms with Gasteiger partial charge in [0, 0.05) is 23.4 Å². The number of hydrogen-bond donors (Lipinski definition) is 3. The molecule has 0 aliphatic heterocycles. The molecular formula is C21H25N3O3S. The van der Waals surface area contributed by atoms with Crippen molar-refractivity contribution in [3.8, 4) is 5.75 Å². The van der Waals surface area contributed by atoms with Crippen LogP contribution in [0.1, 0.15) is 44.0 Å². The van der Waals surface area contributed by atoms with E-state index in [0.29, 0.717) is 23.4 Å². The summed E-state index contributed by atoms with van der Waals surface area (Å²) in [6.07, 6.45) is 1.45. The van der Waals surface area contributed by atoms with Crippen molar-refractivity contribution in [2.75, 3.05) is 10.6 Å². The lowest BCUT2D eigenvalue weighted by atomic mass is 10.2. The first-order valence-corrected chi connectivity index (χ1v) is 9.61. The molecule has 0 spiro atoms. The highest BCUT2D eigenvalue weighted by Gasteiger charge is 2.09. The summed E-state index contributed by atoms with van der Waals surface area (Å²) >= 11 is 5.19. The van der Waals surface area contributed by atoms with Gasteiger partial charge in [0.25, 0.3) is 5.91 Å². The first-order valence-electron chi connectivity index (χ1n) is 9.20. The van der Waals surface area contributed by atoms with E-state index in [1.54, 1.807) is 55.5 Å². The summed E-state index contributed by atoms with van der Waals surface area (Å²) in [5.41, 5.74) is 1.89. The molecular weight excluding hydrogens is 374 g/mol. The summed E-state index contributed by atoms with van der Waals surface area (Å²) in [5.74, 6) is 0.366. The summed E-state index contributed by atoms with van der Waals surface area (Å²) < 4.78 is 5.70. The summed E-state index contributed by atoms with van der Waals surface area (Å²) in [6.45, 7) is 5.84. The summed E-state index contributed by atoms with van der Waals surface area (Å²) in [7, 11) is 0. The zero-order valence-electron chi connectivity index (χ0n) is 16.2. The largest absolute Gasteiger partial charge is 0.491 e. The molecule has 0 heterocycles. The summed E-state index contributed by atoms with van der Waals surface area (Å²) in [6, 6.07) is 14.0. The van der Waals surface area contributed by atoms with Crippen LogP contribution in [0.4, 0.5) is 11.4 Å². The number of carbonyl (C=O) groups is 2. The molecule has 2 amide bonds. The summed E-state index contributed by atoms with van der Waals surface area (Å²) in [4.78, 5) is 23.7. The molecule has 0 radical (unpaired) electrons. The number of nitrogens with one attached hydrogen (secondary N) is 3. The van der Waals surface area contributed by atoms with E-state index in [1.165, 1.54) is 0 Å². The average molecular weight is 400 g/mol. The molecule has 2 rings (SSSR count). The Balaban J connectivity index is 1.88. The van der Waals surface area contributed by atoms with Crippen molar-refractivity contribution in [1.82, 2.24) is 5.32 Å². The Hall–Kier alpha value is -2.93. The second kappa shape index (κ2) is 10.4. The molecule has 0 saturated heterocycles. The van der Waals surface area contributed by atoms with Gasteiger partial charge in [0.15, 0.2) is 5.11 Å². The van der Waals surface area contributed by atoms with Crippen molar-refractivity contribution >= 4 is 40.5 Å². The van der Waals surface area contributed by atoms with Crippen LogP contribution in [0.5, 0.6) is 5.75 Å². The minimum absolute atomic E-state index is 0.0518. The number of benzene rings is 2. The predicted molar refractivity (Wildman–Crippen MR) is 116 cm³/mol. The molecule has 0 unspecified atom stereocenters. The van der Waals surface area contributed by atoms with Crippen molar-refractivity contribution in [1.29, 1.82) is 0 Å². The topological polar surface area (TPSA) is 79.5 Å². The Labute approximate surface area is 170 Å². The second-order valence-corrected chi connectivity index (χ2v) is 6.66. The predicted octanol–water partition coefficient (Wildman–Crippen LogP) is 4.34. The Morgan fingerprint density at radius 1 is 0.964 bits per heavy atom. The van der Waals surface area contributed by atoms with Crippen LogP contribution in [0.15, 0.2) is 48.5 Å². The van der Waals surface area contributed by atoms with Gasteiger partial charge >= 0.3 is 0 Å². The Morgan fingerprint density at radius 3 is 2.07 bits per heavy atom. The Morgan fingerprint density at radius 2 is 1.54 bits per heavy atom. The highest BCUT2D eigenvalue weighted by atomic mass is 32.1. The van der Waals surface area contributed by atoms with Crippen LogP contribution in [0.3, 0.4) is 0 Å². The van der Waals surface area contributed by atoms with Gasteiger partial charge in [0.2, 0.25) is 5.91 Å². The maximum atomic E-state index is 12.3. The van der Waals surface area contributed by atoms with Gasteiger partial charge in [-0.05, 0) is 74.1 Å². The van der Waals surface area contributed by atoms with E-state index in [9.17, 15) is 9.59 Å². The van der Waals surface area contributed by atoms with Crippen molar-refractivity contribution in [2.45, 2.75) is 39.7 Å². The molecule has 0 bridgehead atoms. The highest BCUT2D eigenvalue weighted by Crippen LogP contribution is 2.16. The zero-order chi connectivity index (χ0) is 20.5. The van der Waals surface area contributed by atoms with Crippen LogP contribution in [0.25, 0.3) is 0 Å². The second-order valence-electron chi connectivity index (χ2n) is 6.25. The molecule has 148 valence electrons. The molecule has 2 aromatic carbocycles. The Kier molecular flexibility index (Phi) is 7.95. The SMILES string of the molecule is CCC(=O)Nc1ccc(NC(=S)NC(=O)c2ccc(O[C@@H](C)CC)cc2)cc1. The fourth-order valence-corrected chi connectivity index (χ4v) is 2.43. The molecule has 0 saturated carbocycles. The van der Waals surface area contributed by atoms with Crippen molar-refractivity contribution in [2.24, 2.45) is 0 Å². The molecule has 7 heteroatoms. The van der Waals surface area contributed by atoms with E-state index >= 15 is 0 Å². The maximum Gasteiger partial charge on any atom is 0.257 e. The lowest BCUT2D eigenvalue weighted by Gasteiger charge is -2.13. The van der Waals surface area contributed by atoms with E-state index in [1.807, 2.05) is 6.92 Å². The maximum absolute atomic E-state index is 12.3. The van der Waals surface area contributed by atoms with Crippen LogP contribution in [0.2, 0.25) is 0 Å². The number of carbonyl (C=O) groups excluding carboxylic acids is 2. The number of hydrogen-bond acceptors (Lipinski definition) is 4. The van der Waals surface area contributed by atoms with Crippen molar-refractivity contribution in [3.63, 3.8) is 0 Å². The lowest BCUT2D eigenvalue weighted by Crippen LogP contribution is -2.34. The van der Waals surface area contributed by atoms with Crippen LogP contribution < -0.4 is 20.7 Å². The van der Waals surface area contributed by atoms with Gasteiger partial charge in [-0.1, -0.05) is 13.8 Å². The smallest absolute Gasteiger partial charge is 0.257 e. The van der Waals surface area contributed by atoms with E-state index in [0.717, 1.165) is 12.2 Å². The summed E-state index contributed by atoms with van der Waals surface area (Å²) in [5, 5.41) is 8.54. The van der Waals surface area contributed by atoms with Crippen LogP contribution in [-0.4, -0.2) is 23.0 Å². The first kappa shape index (κ1) is 21.4. The molecule has 2 aromatic rings. The minimum atomic E-state index is -0.306. The van der Waals surface area contributed by atoms with Gasteiger partial charge in [-0.15, -0.1) is 0 Å². The van der Waals surface area contributed by atoms with Crippen LogP contribution >= 0.6 is 12.2 Å². The number of ether oxygens (including phenoxy) is 1. The zero-order valence-corrected chi connectivity index (χ0v) is 17.1. The fourth-order valence-electron chi connectivity index (χ4n) is 2.22. The molecule has 0 aliphatic carbocycles. The van der Waals surface area contributed by atoms with Crippen LogP contribution in [-0.2, 0) is 4.79 Å². The van der Waals surface area contributed by atoms with E-state index in [2.05, 4.69) is 22.9 Å². The van der Waals surface area contributed by atoms with E-state index in [-0.39, 0.29) is 23.0 Å². The average Bonchev–Trinajstić information content (AvgIpc) is 2.69. The third kappa shape index (κ3) is 6.66. The van der Waals surface area contributed by atoms with E-state index < -0.39 is 0 Å². The number of anilines is 2. The quantitative estimate of drug-likeness (QED) is 0.604. The van der Waals surface area contributed by atoms with Gasteiger partial charge < -0.3 is 15.4 Å². The normalized spacial score (nSPS) is 11.2. The number of rotatable bonds is 7. The van der Waals surface area contributed by atoms with Crippen molar-refractivity contribution < 1.29 is 14.3 Å². The van der Waals surface area contributed by atoms with Gasteiger partial charge in [0.05, 0.1) is 6.10 Å². The third-order valence-corrected chi connectivity index (χ3v) is 4.21. The molecule has 3 N–H and O–H groups in total. The molecule has 1 atom stereocenters. The number of amides is 2. The monoisotopic (exact) mass is 399 g/mol. The molecule has 0 aromatic heterocycles. The standard InChI is InChI=1S/C21H25N3O3S/c1-4-14(3)27-18-12-6-15(7-13-18)20(26)24-21(28)23-17-10-8-16(9-11-17)22-19(25)5-2/h6-14H,4-5H2,1-3H3,(H,22,25)(H2,23,24,26,28)/t14-/m0/s1. The van der Waals surface area contributed by atoms with Gasteiger partial charge in [0.1, 0.15) is 5.75 Å². The fraction of sp³-hybridized carbons (Fsp3) is 0.286.